The summed E-state index contributed by atoms with van der Waals surface area (Å²) in [6, 6.07) is 18.1. The van der Waals surface area contributed by atoms with Crippen LogP contribution in [0.25, 0.3) is 17.2 Å². The summed E-state index contributed by atoms with van der Waals surface area (Å²) in [7, 11) is 0. The average Bonchev–Trinajstić information content (AvgIpc) is 2.52. The second-order valence-electron chi connectivity index (χ2n) is 4.57. The molecule has 0 aliphatic carbocycles. The molecule has 0 saturated carbocycles. The summed E-state index contributed by atoms with van der Waals surface area (Å²) in [4.78, 5) is 22.3. The molecule has 21 heavy (non-hydrogen) atoms. The van der Waals surface area contributed by atoms with Crippen molar-refractivity contribution in [3.05, 3.63) is 66.2 Å². The Labute approximate surface area is 128 Å². The van der Waals surface area contributed by atoms with Gasteiger partial charge in [-0.3, -0.25) is 9.59 Å². The van der Waals surface area contributed by atoms with Crippen LogP contribution < -0.4 is 0 Å². The number of allylic oxidation sites excluding steroid dienone is 1. The van der Waals surface area contributed by atoms with E-state index in [9.17, 15) is 9.59 Å². The van der Waals surface area contributed by atoms with E-state index in [-0.39, 0.29) is 16.7 Å². The third kappa shape index (κ3) is 5.04. The molecule has 3 heteroatoms. The Hall–Kier alpha value is -2.13. The van der Waals surface area contributed by atoms with Crippen LogP contribution >= 0.6 is 11.8 Å². The molecule has 2 rings (SSSR count). The Morgan fingerprint density at radius 2 is 1.57 bits per heavy atom. The van der Waals surface area contributed by atoms with E-state index >= 15 is 0 Å². The lowest BCUT2D eigenvalue weighted by atomic mass is 10.0. The quantitative estimate of drug-likeness (QED) is 0.775. The first-order valence-corrected chi connectivity index (χ1v) is 7.63. The maximum absolute atomic E-state index is 11.5. The summed E-state index contributed by atoms with van der Waals surface area (Å²) in [5.41, 5.74) is 3.28. The molecule has 2 aromatic rings. The van der Waals surface area contributed by atoms with E-state index in [1.807, 2.05) is 42.5 Å². The molecule has 0 aromatic heterocycles. The molecule has 0 atom stereocenters. The fourth-order valence-electron chi connectivity index (χ4n) is 1.83. The number of carbonyl (C=O) groups is 2. The van der Waals surface area contributed by atoms with E-state index < -0.39 is 0 Å². The van der Waals surface area contributed by atoms with E-state index in [1.165, 1.54) is 18.6 Å². The van der Waals surface area contributed by atoms with Crippen LogP contribution in [0.4, 0.5) is 0 Å². The third-order valence-electron chi connectivity index (χ3n) is 2.90. The Bertz CT molecular complexity index is 643. The molecular formula is C18H16O2S. The fourth-order valence-corrected chi connectivity index (χ4v) is 2.27. The van der Waals surface area contributed by atoms with Crippen LogP contribution in [0.3, 0.4) is 0 Å². The van der Waals surface area contributed by atoms with Crippen molar-refractivity contribution in [1.29, 1.82) is 0 Å². The van der Waals surface area contributed by atoms with Gasteiger partial charge < -0.3 is 0 Å². The molecule has 0 heterocycles. The standard InChI is InChI=1S/C18H16O2S/c1-14(19)21-13-18(20)12-9-15-7-10-17(11-8-15)16-5-3-2-4-6-16/h2-12H,13H2,1H3/b12-9+. The van der Waals surface area contributed by atoms with Gasteiger partial charge in [-0.05, 0) is 22.8 Å². The van der Waals surface area contributed by atoms with Crippen molar-refractivity contribution < 1.29 is 9.59 Å². The fraction of sp³-hybridized carbons (Fsp3) is 0.111. The van der Waals surface area contributed by atoms with Crippen LogP contribution in [0.5, 0.6) is 0 Å². The highest BCUT2D eigenvalue weighted by Gasteiger charge is 2.00. The van der Waals surface area contributed by atoms with Gasteiger partial charge in [0.05, 0.1) is 5.75 Å². The van der Waals surface area contributed by atoms with Gasteiger partial charge in [-0.1, -0.05) is 72.4 Å². The monoisotopic (exact) mass is 296 g/mol. The summed E-state index contributed by atoms with van der Waals surface area (Å²) in [6.07, 6.45) is 3.30. The SMILES string of the molecule is CC(=O)SCC(=O)/C=C/c1ccc(-c2ccccc2)cc1. The smallest absolute Gasteiger partial charge is 0.186 e. The number of hydrogen-bond donors (Lipinski definition) is 0. The normalized spacial score (nSPS) is 10.7. The largest absolute Gasteiger partial charge is 0.294 e. The minimum atomic E-state index is -0.0534. The zero-order valence-electron chi connectivity index (χ0n) is 11.8. The van der Waals surface area contributed by atoms with Gasteiger partial charge in [-0.25, -0.2) is 0 Å². The van der Waals surface area contributed by atoms with Gasteiger partial charge >= 0.3 is 0 Å². The van der Waals surface area contributed by atoms with Crippen molar-refractivity contribution in [2.24, 2.45) is 0 Å². The van der Waals surface area contributed by atoms with E-state index in [0.29, 0.717) is 0 Å². The van der Waals surface area contributed by atoms with Crippen LogP contribution in [0.2, 0.25) is 0 Å². The lowest BCUT2D eigenvalue weighted by Crippen LogP contribution is -1.98. The minimum absolute atomic E-state index is 0.0380. The molecular weight excluding hydrogens is 280 g/mol. The Kier molecular flexibility index (Phi) is 5.52. The van der Waals surface area contributed by atoms with Crippen molar-refractivity contribution in [2.75, 3.05) is 5.75 Å². The number of benzene rings is 2. The number of ketones is 1. The second kappa shape index (κ2) is 7.60. The molecule has 0 aliphatic rings. The molecule has 0 bridgehead atoms. The highest BCUT2D eigenvalue weighted by atomic mass is 32.2. The highest BCUT2D eigenvalue weighted by Crippen LogP contribution is 2.19. The molecule has 0 radical (unpaired) electrons. The van der Waals surface area contributed by atoms with E-state index in [0.717, 1.165) is 22.9 Å². The first-order valence-electron chi connectivity index (χ1n) is 6.65. The summed E-state index contributed by atoms with van der Waals surface area (Å²) < 4.78 is 0. The Morgan fingerprint density at radius 1 is 0.952 bits per heavy atom. The maximum Gasteiger partial charge on any atom is 0.186 e. The summed E-state index contributed by atoms with van der Waals surface area (Å²) >= 11 is 1.03. The Balaban J connectivity index is 1.99. The van der Waals surface area contributed by atoms with Gasteiger partial charge in [0.15, 0.2) is 10.9 Å². The molecule has 2 nitrogen and oxygen atoms in total. The predicted molar refractivity (Wildman–Crippen MR) is 89.1 cm³/mol. The summed E-state index contributed by atoms with van der Waals surface area (Å²) in [6.45, 7) is 1.46. The van der Waals surface area contributed by atoms with Crippen molar-refractivity contribution in [3.63, 3.8) is 0 Å². The molecule has 0 spiro atoms. The topological polar surface area (TPSA) is 34.1 Å². The maximum atomic E-state index is 11.5. The molecule has 0 amide bonds. The first-order chi connectivity index (χ1) is 10.1. The third-order valence-corrected chi connectivity index (χ3v) is 3.73. The number of thioether (sulfide) groups is 1. The first kappa shape index (κ1) is 15.3. The molecule has 106 valence electrons. The van der Waals surface area contributed by atoms with Crippen LogP contribution in [0.15, 0.2) is 60.7 Å². The summed E-state index contributed by atoms with van der Waals surface area (Å²) in [5.74, 6) is 0.149. The molecule has 0 N–H and O–H groups in total. The van der Waals surface area contributed by atoms with E-state index in [4.69, 9.17) is 0 Å². The van der Waals surface area contributed by atoms with Gasteiger partial charge in [-0.15, -0.1) is 0 Å². The van der Waals surface area contributed by atoms with Crippen molar-refractivity contribution >= 4 is 28.7 Å². The number of carbonyl (C=O) groups excluding carboxylic acids is 2. The molecule has 0 aliphatic heterocycles. The zero-order chi connectivity index (χ0) is 15.1. The molecule has 0 unspecified atom stereocenters. The van der Waals surface area contributed by atoms with Crippen molar-refractivity contribution in [1.82, 2.24) is 0 Å². The van der Waals surface area contributed by atoms with Crippen molar-refractivity contribution in [2.45, 2.75) is 6.92 Å². The molecule has 2 aromatic carbocycles. The van der Waals surface area contributed by atoms with E-state index in [1.54, 1.807) is 6.08 Å². The highest BCUT2D eigenvalue weighted by molar-refractivity contribution is 8.14. The zero-order valence-corrected chi connectivity index (χ0v) is 12.6. The predicted octanol–water partition coefficient (Wildman–Crippen LogP) is 4.22. The number of hydrogen-bond acceptors (Lipinski definition) is 3. The lowest BCUT2D eigenvalue weighted by Gasteiger charge is -2.01. The van der Waals surface area contributed by atoms with Gasteiger partial charge in [0.1, 0.15) is 0 Å². The second-order valence-corrected chi connectivity index (χ2v) is 5.72. The molecule has 0 saturated heterocycles. The van der Waals surface area contributed by atoms with Gasteiger partial charge in [-0.2, -0.15) is 0 Å². The number of rotatable bonds is 5. The van der Waals surface area contributed by atoms with E-state index in [2.05, 4.69) is 12.1 Å². The van der Waals surface area contributed by atoms with Crippen LogP contribution in [0.1, 0.15) is 12.5 Å². The minimum Gasteiger partial charge on any atom is -0.294 e. The van der Waals surface area contributed by atoms with Crippen LogP contribution in [0, 0.1) is 0 Å². The average molecular weight is 296 g/mol. The molecule has 0 fully saturated rings. The van der Waals surface area contributed by atoms with Gasteiger partial charge in [0.25, 0.3) is 0 Å². The van der Waals surface area contributed by atoms with Gasteiger partial charge in [0.2, 0.25) is 0 Å². The van der Waals surface area contributed by atoms with Crippen molar-refractivity contribution in [3.8, 4) is 11.1 Å². The summed E-state index contributed by atoms with van der Waals surface area (Å²) in [5, 5.41) is -0.0380. The lowest BCUT2D eigenvalue weighted by molar-refractivity contribution is -0.113. The van der Waals surface area contributed by atoms with Gasteiger partial charge in [0, 0.05) is 6.92 Å². The Morgan fingerprint density at radius 3 is 2.19 bits per heavy atom. The van der Waals surface area contributed by atoms with Crippen LogP contribution in [-0.2, 0) is 9.59 Å². The van der Waals surface area contributed by atoms with Crippen LogP contribution in [-0.4, -0.2) is 16.7 Å².